The summed E-state index contributed by atoms with van der Waals surface area (Å²) in [4.78, 5) is 26.6. The Kier molecular flexibility index (Phi) is 6.91. The van der Waals surface area contributed by atoms with Crippen LogP contribution in [0.15, 0.2) is 53.0 Å². The zero-order valence-corrected chi connectivity index (χ0v) is 17.3. The van der Waals surface area contributed by atoms with Crippen LogP contribution in [-0.4, -0.2) is 35.8 Å². The maximum atomic E-state index is 12.5. The number of piperidine rings is 1. The van der Waals surface area contributed by atoms with Crippen LogP contribution < -0.4 is 5.32 Å². The monoisotopic (exact) mass is 448 g/mol. The van der Waals surface area contributed by atoms with Crippen molar-refractivity contribution in [3.8, 4) is 0 Å². The van der Waals surface area contributed by atoms with Gasteiger partial charge in [-0.2, -0.15) is 0 Å². The highest BCUT2D eigenvalue weighted by molar-refractivity contribution is 9.10. The van der Waals surface area contributed by atoms with Crippen LogP contribution in [0.2, 0.25) is 5.02 Å². The molecule has 0 unspecified atom stereocenters. The fourth-order valence-electron chi connectivity index (χ4n) is 3.21. The minimum absolute atomic E-state index is 0.0509. The first-order valence-corrected chi connectivity index (χ1v) is 10.3. The molecule has 2 aromatic rings. The minimum Gasteiger partial charge on any atom is -0.353 e. The Hall–Kier alpha value is -1.85. The first-order valence-electron chi connectivity index (χ1n) is 9.10. The fraction of sp³-hybridized carbons (Fsp3) is 0.333. The summed E-state index contributed by atoms with van der Waals surface area (Å²) in [6, 6.07) is 15.1. The largest absolute Gasteiger partial charge is 0.353 e. The number of nitrogens with zero attached hydrogens (tertiary/aromatic N) is 1. The average molecular weight is 450 g/mol. The highest BCUT2D eigenvalue weighted by atomic mass is 79.9. The van der Waals surface area contributed by atoms with Crippen molar-refractivity contribution >= 4 is 39.3 Å². The van der Waals surface area contributed by atoms with E-state index in [2.05, 4.69) is 21.2 Å². The van der Waals surface area contributed by atoms with Crippen molar-refractivity contribution in [3.63, 3.8) is 0 Å². The van der Waals surface area contributed by atoms with Gasteiger partial charge in [-0.3, -0.25) is 9.59 Å². The standard InChI is InChI=1S/C21H22BrClN2O2/c22-17-6-4-16(5-7-17)21(27)25-13-11-19(12-14-25)24-20(26)10-3-15-1-8-18(23)9-2-15/h1-2,4-9,19H,3,10-14H2,(H,24,26). The number of benzene rings is 2. The molecule has 1 fully saturated rings. The summed E-state index contributed by atoms with van der Waals surface area (Å²) in [7, 11) is 0. The van der Waals surface area contributed by atoms with Gasteiger partial charge in [-0.1, -0.05) is 39.7 Å². The molecule has 4 nitrogen and oxygen atoms in total. The number of carbonyl (C=O) groups is 2. The van der Waals surface area contributed by atoms with Crippen LogP contribution in [0.3, 0.4) is 0 Å². The number of carbonyl (C=O) groups excluding carboxylic acids is 2. The van der Waals surface area contributed by atoms with Gasteiger partial charge in [-0.05, 0) is 61.2 Å². The van der Waals surface area contributed by atoms with Crippen molar-refractivity contribution in [2.45, 2.75) is 31.7 Å². The third kappa shape index (κ3) is 5.81. The molecular formula is C21H22BrClN2O2. The zero-order valence-electron chi connectivity index (χ0n) is 15.0. The van der Waals surface area contributed by atoms with Gasteiger partial charge in [-0.15, -0.1) is 0 Å². The molecule has 0 aromatic heterocycles. The summed E-state index contributed by atoms with van der Waals surface area (Å²) in [5, 5.41) is 3.80. The van der Waals surface area contributed by atoms with Crippen molar-refractivity contribution in [2.24, 2.45) is 0 Å². The SMILES string of the molecule is O=C(CCc1ccc(Cl)cc1)NC1CCN(C(=O)c2ccc(Br)cc2)CC1. The van der Waals surface area contributed by atoms with E-state index in [4.69, 9.17) is 11.6 Å². The van der Waals surface area contributed by atoms with E-state index in [1.54, 1.807) is 0 Å². The molecule has 27 heavy (non-hydrogen) atoms. The lowest BCUT2D eigenvalue weighted by Crippen LogP contribution is -2.46. The van der Waals surface area contributed by atoms with E-state index in [1.807, 2.05) is 53.4 Å². The fourth-order valence-corrected chi connectivity index (χ4v) is 3.60. The summed E-state index contributed by atoms with van der Waals surface area (Å²) < 4.78 is 0.957. The van der Waals surface area contributed by atoms with E-state index in [-0.39, 0.29) is 17.9 Å². The normalized spacial score (nSPS) is 14.8. The van der Waals surface area contributed by atoms with Gasteiger partial charge in [0.25, 0.3) is 5.91 Å². The summed E-state index contributed by atoms with van der Waals surface area (Å²) in [5.74, 6) is 0.109. The maximum absolute atomic E-state index is 12.5. The van der Waals surface area contributed by atoms with E-state index in [1.165, 1.54) is 0 Å². The number of halogens is 2. The van der Waals surface area contributed by atoms with E-state index in [0.717, 1.165) is 22.9 Å². The van der Waals surface area contributed by atoms with E-state index < -0.39 is 0 Å². The molecule has 0 atom stereocenters. The number of rotatable bonds is 5. The Morgan fingerprint density at radius 1 is 1.04 bits per heavy atom. The molecule has 0 radical (unpaired) electrons. The molecule has 1 N–H and O–H groups in total. The molecule has 1 saturated heterocycles. The maximum Gasteiger partial charge on any atom is 0.253 e. The van der Waals surface area contributed by atoms with Crippen molar-refractivity contribution in [2.75, 3.05) is 13.1 Å². The van der Waals surface area contributed by atoms with Gasteiger partial charge < -0.3 is 10.2 Å². The number of aryl methyl sites for hydroxylation is 1. The number of likely N-dealkylation sites (tertiary alicyclic amines) is 1. The van der Waals surface area contributed by atoms with E-state index >= 15 is 0 Å². The molecule has 1 heterocycles. The number of hydrogen-bond acceptors (Lipinski definition) is 2. The molecule has 0 aliphatic carbocycles. The van der Waals surface area contributed by atoms with Gasteiger partial charge in [-0.25, -0.2) is 0 Å². The van der Waals surface area contributed by atoms with Crippen LogP contribution in [0.1, 0.15) is 35.2 Å². The van der Waals surface area contributed by atoms with Gasteiger partial charge in [0, 0.05) is 40.6 Å². The topological polar surface area (TPSA) is 49.4 Å². The second-order valence-corrected chi connectivity index (χ2v) is 8.12. The van der Waals surface area contributed by atoms with Crippen molar-refractivity contribution in [1.82, 2.24) is 10.2 Å². The first-order chi connectivity index (χ1) is 13.0. The van der Waals surface area contributed by atoms with Gasteiger partial charge >= 0.3 is 0 Å². The van der Waals surface area contributed by atoms with Gasteiger partial charge in [0.05, 0.1) is 0 Å². The molecule has 1 aliphatic rings. The van der Waals surface area contributed by atoms with Crippen molar-refractivity contribution in [1.29, 1.82) is 0 Å². The molecular weight excluding hydrogens is 428 g/mol. The molecule has 2 aromatic carbocycles. The lowest BCUT2D eigenvalue weighted by molar-refractivity contribution is -0.122. The molecule has 0 bridgehead atoms. The summed E-state index contributed by atoms with van der Waals surface area (Å²) in [6.07, 6.45) is 2.73. The van der Waals surface area contributed by atoms with Crippen molar-refractivity contribution in [3.05, 3.63) is 69.2 Å². The quantitative estimate of drug-likeness (QED) is 0.733. The molecule has 0 saturated carbocycles. The predicted molar refractivity (Wildman–Crippen MR) is 111 cm³/mol. The van der Waals surface area contributed by atoms with Gasteiger partial charge in [0.15, 0.2) is 0 Å². The zero-order chi connectivity index (χ0) is 19.2. The Bertz CT molecular complexity index is 785. The van der Waals surface area contributed by atoms with Crippen LogP contribution >= 0.6 is 27.5 Å². The summed E-state index contributed by atoms with van der Waals surface area (Å²) in [6.45, 7) is 1.33. The second-order valence-electron chi connectivity index (χ2n) is 6.77. The Balaban J connectivity index is 1.42. The van der Waals surface area contributed by atoms with Crippen LogP contribution in [-0.2, 0) is 11.2 Å². The van der Waals surface area contributed by atoms with E-state index in [9.17, 15) is 9.59 Å². The first kappa shape index (κ1) is 19.9. The minimum atomic E-state index is 0.0509. The van der Waals surface area contributed by atoms with Gasteiger partial charge in [0.2, 0.25) is 5.91 Å². The van der Waals surface area contributed by atoms with Crippen LogP contribution in [0.25, 0.3) is 0 Å². The average Bonchev–Trinajstić information content (AvgIpc) is 2.68. The number of hydrogen-bond donors (Lipinski definition) is 1. The molecule has 0 spiro atoms. The Morgan fingerprint density at radius 3 is 2.30 bits per heavy atom. The molecule has 2 amide bonds. The molecule has 6 heteroatoms. The van der Waals surface area contributed by atoms with Crippen molar-refractivity contribution < 1.29 is 9.59 Å². The third-order valence-corrected chi connectivity index (χ3v) is 5.57. The summed E-state index contributed by atoms with van der Waals surface area (Å²) >= 11 is 9.25. The highest BCUT2D eigenvalue weighted by Gasteiger charge is 2.24. The van der Waals surface area contributed by atoms with Crippen LogP contribution in [0.4, 0.5) is 0 Å². The molecule has 1 aliphatic heterocycles. The van der Waals surface area contributed by atoms with Crippen LogP contribution in [0.5, 0.6) is 0 Å². The lowest BCUT2D eigenvalue weighted by atomic mass is 10.0. The molecule has 3 rings (SSSR count). The van der Waals surface area contributed by atoms with E-state index in [0.29, 0.717) is 36.5 Å². The highest BCUT2D eigenvalue weighted by Crippen LogP contribution is 2.17. The van der Waals surface area contributed by atoms with Crippen LogP contribution in [0, 0.1) is 0 Å². The number of nitrogens with one attached hydrogen (secondary N) is 1. The van der Waals surface area contributed by atoms with Gasteiger partial charge in [0.1, 0.15) is 0 Å². The smallest absolute Gasteiger partial charge is 0.253 e. The second kappa shape index (κ2) is 9.38. The number of amides is 2. The Labute approximate surface area is 173 Å². The molecule has 142 valence electrons. The third-order valence-electron chi connectivity index (χ3n) is 4.79. The Morgan fingerprint density at radius 2 is 1.67 bits per heavy atom. The lowest BCUT2D eigenvalue weighted by Gasteiger charge is -2.32. The predicted octanol–water partition coefficient (Wildman–Crippen LogP) is 4.46. The summed E-state index contributed by atoms with van der Waals surface area (Å²) in [5.41, 5.74) is 1.80.